The summed E-state index contributed by atoms with van der Waals surface area (Å²) in [5, 5.41) is 0. The Morgan fingerprint density at radius 3 is 2.86 bits per heavy atom. The molecule has 1 aromatic rings. The first-order chi connectivity index (χ1) is 6.77. The molecule has 0 aromatic heterocycles. The van der Waals surface area contributed by atoms with Gasteiger partial charge < -0.3 is 9.47 Å². The molecule has 0 saturated carbocycles. The molecule has 4 heteroatoms. The van der Waals surface area contributed by atoms with Gasteiger partial charge in [0.15, 0.2) is 18.4 Å². The Hall–Kier alpha value is -1.42. The van der Waals surface area contributed by atoms with E-state index < -0.39 is 5.82 Å². The van der Waals surface area contributed by atoms with Crippen LogP contribution in [0.4, 0.5) is 4.39 Å². The molecule has 1 rings (SSSR count). The Morgan fingerprint density at radius 2 is 2.29 bits per heavy atom. The van der Waals surface area contributed by atoms with Gasteiger partial charge in [-0.2, -0.15) is 0 Å². The number of benzene rings is 1. The number of hydrogen-bond acceptors (Lipinski definition) is 3. The zero-order valence-electron chi connectivity index (χ0n) is 7.83. The van der Waals surface area contributed by atoms with E-state index in [2.05, 4.69) is 0 Å². The summed E-state index contributed by atoms with van der Waals surface area (Å²) in [5.41, 5.74) is 0.284. The van der Waals surface area contributed by atoms with Gasteiger partial charge in [-0.15, -0.1) is 0 Å². The summed E-state index contributed by atoms with van der Waals surface area (Å²) >= 11 is 0. The number of halogens is 1. The van der Waals surface area contributed by atoms with Crippen LogP contribution in [-0.4, -0.2) is 19.7 Å². The number of aldehydes is 1. The Kier molecular flexibility index (Phi) is 4.07. The molecule has 0 saturated heterocycles. The van der Waals surface area contributed by atoms with Gasteiger partial charge in [-0.1, -0.05) is 0 Å². The molecule has 0 atom stereocenters. The number of hydrogen-bond donors (Lipinski definition) is 0. The van der Waals surface area contributed by atoms with Gasteiger partial charge in [0.05, 0.1) is 0 Å². The van der Waals surface area contributed by atoms with Crippen molar-refractivity contribution in [2.24, 2.45) is 0 Å². The quantitative estimate of drug-likeness (QED) is 0.412. The summed E-state index contributed by atoms with van der Waals surface area (Å²) in [5.74, 6) is -0.474. The highest BCUT2D eigenvalue weighted by Crippen LogP contribution is 2.17. The van der Waals surface area contributed by atoms with Crippen LogP contribution < -0.4 is 4.74 Å². The van der Waals surface area contributed by atoms with Crippen molar-refractivity contribution in [3.8, 4) is 5.75 Å². The first-order valence-electron chi connectivity index (χ1n) is 4.23. The molecule has 0 unspecified atom stereocenters. The van der Waals surface area contributed by atoms with Crippen LogP contribution in [0, 0.1) is 5.82 Å². The number of carbonyl (C=O) groups excluding carboxylic acids is 1. The molecule has 14 heavy (non-hydrogen) atoms. The summed E-state index contributed by atoms with van der Waals surface area (Å²) in [4.78, 5) is 10.3. The van der Waals surface area contributed by atoms with Crippen molar-refractivity contribution in [3.63, 3.8) is 0 Å². The summed E-state index contributed by atoms with van der Waals surface area (Å²) in [6.07, 6.45) is 0.579. The second-order valence-electron chi connectivity index (χ2n) is 2.56. The number of rotatable bonds is 5. The van der Waals surface area contributed by atoms with E-state index in [1.165, 1.54) is 12.1 Å². The second-order valence-corrected chi connectivity index (χ2v) is 2.56. The molecule has 3 nitrogen and oxygen atoms in total. The van der Waals surface area contributed by atoms with Gasteiger partial charge in [0.2, 0.25) is 0 Å². The van der Waals surface area contributed by atoms with E-state index >= 15 is 0 Å². The Bertz CT molecular complexity index is 312. The van der Waals surface area contributed by atoms with Crippen LogP contribution in [0.25, 0.3) is 0 Å². The fourth-order valence-corrected chi connectivity index (χ4v) is 0.896. The average molecular weight is 198 g/mol. The molecule has 0 aliphatic heterocycles. The minimum absolute atomic E-state index is 0.00779. The van der Waals surface area contributed by atoms with Gasteiger partial charge in [0, 0.05) is 12.2 Å². The minimum Gasteiger partial charge on any atom is -0.464 e. The van der Waals surface area contributed by atoms with Crippen LogP contribution in [-0.2, 0) is 4.74 Å². The summed E-state index contributed by atoms with van der Waals surface area (Å²) in [6.45, 7) is 2.33. The second kappa shape index (κ2) is 5.34. The molecular weight excluding hydrogens is 187 g/mol. The average Bonchev–Trinajstić information content (AvgIpc) is 2.20. The zero-order chi connectivity index (χ0) is 10.4. The lowest BCUT2D eigenvalue weighted by molar-refractivity contribution is 0.0201. The standard InChI is InChI=1S/C10H11FO3/c1-2-13-7-14-10-4-3-8(6-12)5-9(10)11/h3-6H,2,7H2,1H3. The Labute approximate surface area is 81.4 Å². The minimum atomic E-state index is -0.561. The van der Waals surface area contributed by atoms with Gasteiger partial charge in [-0.3, -0.25) is 4.79 Å². The largest absolute Gasteiger partial charge is 0.464 e. The third-order valence-corrected chi connectivity index (χ3v) is 1.59. The molecule has 0 bridgehead atoms. The van der Waals surface area contributed by atoms with Gasteiger partial charge in [0.25, 0.3) is 0 Å². The van der Waals surface area contributed by atoms with Crippen LogP contribution in [0.1, 0.15) is 17.3 Å². The summed E-state index contributed by atoms with van der Waals surface area (Å²) in [6, 6.07) is 4.00. The fraction of sp³-hybridized carbons (Fsp3) is 0.300. The molecule has 0 radical (unpaired) electrons. The van der Waals surface area contributed by atoms with Gasteiger partial charge in [-0.05, 0) is 25.1 Å². The lowest BCUT2D eigenvalue weighted by atomic mass is 10.2. The maximum Gasteiger partial charge on any atom is 0.189 e. The number of carbonyl (C=O) groups is 1. The van der Waals surface area contributed by atoms with Crippen LogP contribution in [0.15, 0.2) is 18.2 Å². The topological polar surface area (TPSA) is 35.5 Å². The predicted octanol–water partition coefficient (Wildman–Crippen LogP) is 2.01. The van der Waals surface area contributed by atoms with E-state index in [9.17, 15) is 9.18 Å². The monoisotopic (exact) mass is 198 g/mol. The van der Waals surface area contributed by atoms with Crippen molar-refractivity contribution in [2.75, 3.05) is 13.4 Å². The molecule has 0 heterocycles. The third kappa shape index (κ3) is 2.81. The smallest absolute Gasteiger partial charge is 0.189 e. The Balaban J connectivity index is 2.64. The molecule has 76 valence electrons. The SMILES string of the molecule is CCOCOc1ccc(C=O)cc1F. The van der Waals surface area contributed by atoms with Crippen LogP contribution >= 0.6 is 0 Å². The lowest BCUT2D eigenvalue weighted by Crippen LogP contribution is -2.03. The zero-order valence-corrected chi connectivity index (χ0v) is 7.83. The Morgan fingerprint density at radius 1 is 1.50 bits per heavy atom. The van der Waals surface area contributed by atoms with Gasteiger partial charge in [0.1, 0.15) is 6.29 Å². The molecule has 0 fully saturated rings. The molecule has 0 amide bonds. The van der Waals surface area contributed by atoms with Crippen LogP contribution in [0.2, 0.25) is 0 Å². The van der Waals surface area contributed by atoms with Crippen molar-refractivity contribution in [1.29, 1.82) is 0 Å². The highest BCUT2D eigenvalue weighted by atomic mass is 19.1. The molecule has 1 aromatic carbocycles. The summed E-state index contributed by atoms with van der Waals surface area (Å²) in [7, 11) is 0. The molecule has 0 spiro atoms. The van der Waals surface area contributed by atoms with Gasteiger partial charge >= 0.3 is 0 Å². The maximum atomic E-state index is 13.1. The first-order valence-corrected chi connectivity index (χ1v) is 4.23. The summed E-state index contributed by atoms with van der Waals surface area (Å²) < 4.78 is 23.0. The van der Waals surface area contributed by atoms with E-state index in [1.807, 2.05) is 6.92 Å². The van der Waals surface area contributed by atoms with Crippen molar-refractivity contribution < 1.29 is 18.7 Å². The van der Waals surface area contributed by atoms with E-state index in [0.717, 1.165) is 6.07 Å². The third-order valence-electron chi connectivity index (χ3n) is 1.59. The van der Waals surface area contributed by atoms with Gasteiger partial charge in [-0.25, -0.2) is 4.39 Å². The number of ether oxygens (including phenoxy) is 2. The maximum absolute atomic E-state index is 13.1. The highest BCUT2D eigenvalue weighted by molar-refractivity contribution is 5.74. The van der Waals surface area contributed by atoms with Crippen molar-refractivity contribution >= 4 is 6.29 Å². The van der Waals surface area contributed by atoms with E-state index in [1.54, 1.807) is 0 Å². The molecule has 0 N–H and O–H groups in total. The molecule has 0 aliphatic rings. The van der Waals surface area contributed by atoms with Crippen molar-refractivity contribution in [1.82, 2.24) is 0 Å². The fourth-order valence-electron chi connectivity index (χ4n) is 0.896. The van der Waals surface area contributed by atoms with Crippen molar-refractivity contribution in [3.05, 3.63) is 29.6 Å². The predicted molar refractivity (Wildman–Crippen MR) is 48.9 cm³/mol. The lowest BCUT2D eigenvalue weighted by Gasteiger charge is -2.06. The van der Waals surface area contributed by atoms with Crippen molar-refractivity contribution in [2.45, 2.75) is 6.92 Å². The van der Waals surface area contributed by atoms with Crippen LogP contribution in [0.5, 0.6) is 5.75 Å². The molecule has 0 aliphatic carbocycles. The van der Waals surface area contributed by atoms with Crippen LogP contribution in [0.3, 0.4) is 0 Å². The molecular formula is C10H11FO3. The first kappa shape index (κ1) is 10.7. The van der Waals surface area contributed by atoms with E-state index in [-0.39, 0.29) is 18.1 Å². The van der Waals surface area contributed by atoms with E-state index in [0.29, 0.717) is 12.9 Å². The highest BCUT2D eigenvalue weighted by Gasteiger charge is 2.03. The van der Waals surface area contributed by atoms with E-state index in [4.69, 9.17) is 9.47 Å². The normalized spacial score (nSPS) is 9.86.